The molecular weight excluding hydrogens is 374 g/mol. The quantitative estimate of drug-likeness (QED) is 0.599. The summed E-state index contributed by atoms with van der Waals surface area (Å²) in [6, 6.07) is 11.2. The summed E-state index contributed by atoms with van der Waals surface area (Å²) in [6.45, 7) is 1.74. The average Bonchev–Trinajstić information content (AvgIpc) is 2.85. The number of carbonyl (C=O) groups excluding carboxylic acids is 3. The molecule has 0 fully saturated rings. The standard InChI is InChI=1S/C19H16F2N2O3S/c1-11-6-7-12-13(10-11)18(26)23(17(12)25)9-8-16(24)22-14-4-2-3-5-15(14)27-19(20)21/h2-7,10,19H,8-9H2,1H3,(H,22,24). The molecule has 0 bridgehead atoms. The van der Waals surface area contributed by atoms with E-state index in [0.717, 1.165) is 10.5 Å². The van der Waals surface area contributed by atoms with E-state index in [-0.39, 0.29) is 23.5 Å². The van der Waals surface area contributed by atoms with Gasteiger partial charge in [0.15, 0.2) is 0 Å². The number of fused-ring (bicyclic) bond motifs is 1. The molecule has 8 heteroatoms. The van der Waals surface area contributed by atoms with E-state index in [2.05, 4.69) is 5.32 Å². The van der Waals surface area contributed by atoms with Crippen molar-refractivity contribution in [2.24, 2.45) is 0 Å². The summed E-state index contributed by atoms with van der Waals surface area (Å²) in [7, 11) is 0. The maximum Gasteiger partial charge on any atom is 0.288 e. The van der Waals surface area contributed by atoms with Crippen LogP contribution >= 0.6 is 11.8 Å². The Labute approximate surface area is 158 Å². The molecule has 0 saturated carbocycles. The number of benzene rings is 2. The van der Waals surface area contributed by atoms with Crippen LogP contribution in [0.3, 0.4) is 0 Å². The number of nitrogens with zero attached hydrogens (tertiary/aromatic N) is 1. The van der Waals surface area contributed by atoms with Gasteiger partial charge in [0.2, 0.25) is 5.91 Å². The molecule has 0 atom stereocenters. The highest BCUT2D eigenvalue weighted by molar-refractivity contribution is 7.99. The van der Waals surface area contributed by atoms with Gasteiger partial charge in [-0.25, -0.2) is 0 Å². The topological polar surface area (TPSA) is 66.5 Å². The zero-order valence-corrected chi connectivity index (χ0v) is 15.2. The van der Waals surface area contributed by atoms with Crippen molar-refractivity contribution in [3.05, 3.63) is 59.2 Å². The molecule has 1 aliphatic rings. The van der Waals surface area contributed by atoms with E-state index in [1.165, 1.54) is 12.1 Å². The van der Waals surface area contributed by atoms with Crippen LogP contribution in [-0.4, -0.2) is 34.9 Å². The molecule has 0 unspecified atom stereocenters. The lowest BCUT2D eigenvalue weighted by atomic mass is 10.1. The van der Waals surface area contributed by atoms with Crippen LogP contribution in [0.1, 0.15) is 32.7 Å². The number of thioether (sulfide) groups is 1. The number of hydrogen-bond donors (Lipinski definition) is 1. The van der Waals surface area contributed by atoms with Crippen molar-refractivity contribution in [1.82, 2.24) is 4.90 Å². The Balaban J connectivity index is 1.64. The summed E-state index contributed by atoms with van der Waals surface area (Å²) < 4.78 is 25.2. The second kappa shape index (κ2) is 7.87. The van der Waals surface area contributed by atoms with Crippen molar-refractivity contribution < 1.29 is 23.2 Å². The second-order valence-corrected chi connectivity index (χ2v) is 7.02. The molecule has 0 aliphatic carbocycles. The summed E-state index contributed by atoms with van der Waals surface area (Å²) >= 11 is 0.337. The molecule has 0 spiro atoms. The Bertz CT molecular complexity index is 918. The number of carbonyl (C=O) groups is 3. The fourth-order valence-electron chi connectivity index (χ4n) is 2.80. The van der Waals surface area contributed by atoms with Crippen LogP contribution in [0, 0.1) is 6.92 Å². The van der Waals surface area contributed by atoms with Crippen molar-refractivity contribution in [3.8, 4) is 0 Å². The van der Waals surface area contributed by atoms with E-state index in [4.69, 9.17) is 0 Å². The van der Waals surface area contributed by atoms with Crippen molar-refractivity contribution in [3.63, 3.8) is 0 Å². The van der Waals surface area contributed by atoms with Crippen LogP contribution in [0.5, 0.6) is 0 Å². The van der Waals surface area contributed by atoms with Gasteiger partial charge in [0.05, 0.1) is 16.8 Å². The van der Waals surface area contributed by atoms with Gasteiger partial charge in [-0.05, 0) is 31.2 Å². The van der Waals surface area contributed by atoms with E-state index in [1.54, 1.807) is 30.3 Å². The van der Waals surface area contributed by atoms with Crippen LogP contribution in [0.15, 0.2) is 47.4 Å². The molecule has 27 heavy (non-hydrogen) atoms. The molecule has 2 aromatic rings. The zero-order chi connectivity index (χ0) is 19.6. The van der Waals surface area contributed by atoms with Crippen LogP contribution in [0.4, 0.5) is 14.5 Å². The number of amides is 3. The Morgan fingerprint density at radius 1 is 1.11 bits per heavy atom. The Kier molecular flexibility index (Phi) is 5.55. The smallest absolute Gasteiger partial charge is 0.288 e. The first kappa shape index (κ1) is 19.0. The predicted molar refractivity (Wildman–Crippen MR) is 98.1 cm³/mol. The van der Waals surface area contributed by atoms with E-state index < -0.39 is 23.5 Å². The third-order valence-electron chi connectivity index (χ3n) is 4.07. The SMILES string of the molecule is Cc1ccc2c(c1)C(=O)N(CCC(=O)Nc1ccccc1SC(F)F)C2=O. The molecule has 1 N–H and O–H groups in total. The molecule has 1 heterocycles. The number of alkyl halides is 2. The van der Waals surface area contributed by atoms with Gasteiger partial charge in [-0.1, -0.05) is 35.5 Å². The largest absolute Gasteiger partial charge is 0.325 e. The molecule has 5 nitrogen and oxygen atoms in total. The zero-order valence-electron chi connectivity index (χ0n) is 14.4. The van der Waals surface area contributed by atoms with Gasteiger partial charge in [0.25, 0.3) is 17.6 Å². The number of anilines is 1. The summed E-state index contributed by atoms with van der Waals surface area (Å²) in [5.41, 5.74) is 1.79. The fraction of sp³-hybridized carbons (Fsp3) is 0.211. The molecule has 0 radical (unpaired) electrons. The fourth-order valence-corrected chi connectivity index (χ4v) is 3.40. The first-order valence-electron chi connectivity index (χ1n) is 8.17. The van der Waals surface area contributed by atoms with E-state index in [9.17, 15) is 23.2 Å². The van der Waals surface area contributed by atoms with Crippen LogP contribution < -0.4 is 5.32 Å². The van der Waals surface area contributed by atoms with Gasteiger partial charge in [-0.3, -0.25) is 19.3 Å². The van der Waals surface area contributed by atoms with Crippen molar-refractivity contribution in [2.45, 2.75) is 24.0 Å². The Morgan fingerprint density at radius 3 is 2.56 bits per heavy atom. The van der Waals surface area contributed by atoms with Crippen LogP contribution in [0.2, 0.25) is 0 Å². The second-order valence-electron chi connectivity index (χ2n) is 5.98. The monoisotopic (exact) mass is 390 g/mol. The molecular formula is C19H16F2N2O3S. The lowest BCUT2D eigenvalue weighted by Crippen LogP contribution is -2.32. The number of hydrogen-bond acceptors (Lipinski definition) is 4. The molecule has 0 aromatic heterocycles. The molecule has 140 valence electrons. The number of para-hydroxylation sites is 1. The van der Waals surface area contributed by atoms with Crippen molar-refractivity contribution in [2.75, 3.05) is 11.9 Å². The highest BCUT2D eigenvalue weighted by atomic mass is 32.2. The third-order valence-corrected chi connectivity index (χ3v) is 4.85. The minimum Gasteiger partial charge on any atom is -0.325 e. The van der Waals surface area contributed by atoms with Crippen molar-refractivity contribution in [1.29, 1.82) is 0 Å². The maximum absolute atomic E-state index is 12.6. The minimum absolute atomic E-state index is 0.0820. The molecule has 2 aromatic carbocycles. The van der Waals surface area contributed by atoms with E-state index >= 15 is 0 Å². The van der Waals surface area contributed by atoms with Crippen molar-refractivity contribution >= 4 is 35.2 Å². The molecule has 0 saturated heterocycles. The summed E-state index contributed by atoms with van der Waals surface area (Å²) in [5, 5.41) is 2.56. The summed E-state index contributed by atoms with van der Waals surface area (Å²) in [6.07, 6.45) is -0.127. The third kappa shape index (κ3) is 4.16. The lowest BCUT2D eigenvalue weighted by molar-refractivity contribution is -0.116. The molecule has 3 rings (SSSR count). The summed E-state index contributed by atoms with van der Waals surface area (Å²) in [5.74, 6) is -3.94. The number of aryl methyl sites for hydroxylation is 1. The van der Waals surface area contributed by atoms with Gasteiger partial charge in [0, 0.05) is 17.9 Å². The first-order chi connectivity index (χ1) is 12.9. The first-order valence-corrected chi connectivity index (χ1v) is 9.05. The minimum atomic E-state index is -2.61. The van der Waals surface area contributed by atoms with Crippen LogP contribution in [0.25, 0.3) is 0 Å². The predicted octanol–water partition coefficient (Wildman–Crippen LogP) is 3.93. The maximum atomic E-state index is 12.6. The Hall–Kier alpha value is -2.74. The molecule has 3 amide bonds. The number of imide groups is 1. The highest BCUT2D eigenvalue weighted by Crippen LogP contribution is 2.31. The lowest BCUT2D eigenvalue weighted by Gasteiger charge is -2.14. The Morgan fingerprint density at radius 2 is 1.81 bits per heavy atom. The number of rotatable bonds is 6. The number of nitrogens with one attached hydrogen (secondary N) is 1. The van der Waals surface area contributed by atoms with E-state index in [1.807, 2.05) is 6.92 Å². The van der Waals surface area contributed by atoms with Gasteiger partial charge in [0.1, 0.15) is 0 Å². The van der Waals surface area contributed by atoms with Gasteiger partial charge >= 0.3 is 0 Å². The number of halogens is 2. The van der Waals surface area contributed by atoms with Gasteiger partial charge < -0.3 is 5.32 Å². The van der Waals surface area contributed by atoms with Crippen LogP contribution in [-0.2, 0) is 4.79 Å². The van der Waals surface area contributed by atoms with Gasteiger partial charge in [-0.15, -0.1) is 0 Å². The average molecular weight is 390 g/mol. The molecule has 1 aliphatic heterocycles. The van der Waals surface area contributed by atoms with Gasteiger partial charge in [-0.2, -0.15) is 8.78 Å². The van der Waals surface area contributed by atoms with E-state index in [0.29, 0.717) is 22.9 Å². The highest BCUT2D eigenvalue weighted by Gasteiger charge is 2.35. The summed E-state index contributed by atoms with van der Waals surface area (Å²) in [4.78, 5) is 38.2. The normalized spacial score (nSPS) is 13.3.